The van der Waals surface area contributed by atoms with E-state index in [0.29, 0.717) is 6.04 Å². The van der Waals surface area contributed by atoms with Gasteiger partial charge in [-0.15, -0.1) is 0 Å². The average Bonchev–Trinajstić information content (AvgIpc) is 1.84. The van der Waals surface area contributed by atoms with Gasteiger partial charge in [0.15, 0.2) is 0 Å². The summed E-state index contributed by atoms with van der Waals surface area (Å²) >= 11 is 0. The highest BCUT2D eigenvalue weighted by molar-refractivity contribution is 5.59. The monoisotopic (exact) mass is 153 g/mol. The normalized spacial score (nSPS) is 25.4. The number of nitrogens with one attached hydrogen (secondary N) is 1. The molecule has 1 aliphatic heterocycles. The highest BCUT2D eigenvalue weighted by atomic mass is 15.3. The molecule has 0 unspecified atom stereocenters. The van der Waals surface area contributed by atoms with Crippen LogP contribution in [0, 0.1) is 0 Å². The molecule has 3 nitrogen and oxygen atoms in total. The summed E-state index contributed by atoms with van der Waals surface area (Å²) in [5, 5.41) is 3.96. The summed E-state index contributed by atoms with van der Waals surface area (Å²) in [4.78, 5) is 2.33. The molecule has 0 aliphatic carbocycles. The Hall–Kier alpha value is -0.830. The maximum absolute atomic E-state index is 3.96. The Morgan fingerprint density at radius 2 is 2.27 bits per heavy atom. The molecule has 0 atom stereocenters. The minimum atomic E-state index is 0.587. The van der Waals surface area contributed by atoms with Gasteiger partial charge in [0.1, 0.15) is 0 Å². The maximum atomic E-state index is 3.96. The predicted molar refractivity (Wildman–Crippen MR) is 47.5 cm³/mol. The molecular formula is C8H15N3. The highest BCUT2D eigenvalue weighted by Gasteiger charge is 2.05. The van der Waals surface area contributed by atoms with E-state index < -0.39 is 0 Å². The first-order chi connectivity index (χ1) is 5.30. The minimum absolute atomic E-state index is 0.587. The number of hydrogen-bond donors (Lipinski definition) is 1. The van der Waals surface area contributed by atoms with Crippen molar-refractivity contribution in [2.45, 2.75) is 19.9 Å². The zero-order valence-corrected chi connectivity index (χ0v) is 7.12. The molecule has 11 heavy (non-hydrogen) atoms. The Labute approximate surface area is 67.8 Å². The van der Waals surface area contributed by atoms with Gasteiger partial charge in [-0.25, -0.2) is 0 Å². The Kier molecular flexibility index (Phi) is 3.11. The summed E-state index contributed by atoms with van der Waals surface area (Å²) in [5.74, 6) is 0. The quantitative estimate of drug-likeness (QED) is 0.603. The van der Waals surface area contributed by atoms with Crippen LogP contribution in [0.15, 0.2) is 17.4 Å². The van der Waals surface area contributed by atoms with Crippen molar-refractivity contribution in [2.75, 3.05) is 13.1 Å². The van der Waals surface area contributed by atoms with Crippen molar-refractivity contribution in [3.05, 3.63) is 12.3 Å². The lowest BCUT2D eigenvalue weighted by Crippen LogP contribution is -2.33. The summed E-state index contributed by atoms with van der Waals surface area (Å²) in [7, 11) is 0. The molecule has 0 aromatic carbocycles. The van der Waals surface area contributed by atoms with Gasteiger partial charge in [-0.1, -0.05) is 6.08 Å². The van der Waals surface area contributed by atoms with Crippen LogP contribution < -0.4 is 5.43 Å². The largest absolute Gasteiger partial charge is 0.292 e. The Morgan fingerprint density at radius 3 is 3.00 bits per heavy atom. The van der Waals surface area contributed by atoms with E-state index in [-0.39, 0.29) is 0 Å². The van der Waals surface area contributed by atoms with E-state index in [0.717, 1.165) is 13.1 Å². The van der Waals surface area contributed by atoms with Crippen molar-refractivity contribution in [1.82, 2.24) is 10.3 Å². The SMILES string of the molecule is CC(C)N1C/C=C/N/N=C/C1. The Morgan fingerprint density at radius 1 is 1.45 bits per heavy atom. The van der Waals surface area contributed by atoms with Crippen molar-refractivity contribution in [3.63, 3.8) is 0 Å². The van der Waals surface area contributed by atoms with Crippen LogP contribution >= 0.6 is 0 Å². The zero-order chi connectivity index (χ0) is 8.10. The summed E-state index contributed by atoms with van der Waals surface area (Å²) in [5.41, 5.74) is 2.81. The lowest BCUT2D eigenvalue weighted by molar-refractivity contribution is 0.281. The van der Waals surface area contributed by atoms with E-state index in [4.69, 9.17) is 0 Å². The van der Waals surface area contributed by atoms with Gasteiger partial charge in [-0.3, -0.25) is 10.3 Å². The van der Waals surface area contributed by atoms with Crippen LogP contribution in [0.2, 0.25) is 0 Å². The van der Waals surface area contributed by atoms with Crippen LogP contribution in [-0.2, 0) is 0 Å². The minimum Gasteiger partial charge on any atom is -0.292 e. The molecule has 62 valence electrons. The van der Waals surface area contributed by atoms with Crippen molar-refractivity contribution in [2.24, 2.45) is 5.10 Å². The number of nitrogens with zero attached hydrogens (tertiary/aromatic N) is 2. The maximum Gasteiger partial charge on any atom is 0.0387 e. The average molecular weight is 153 g/mol. The van der Waals surface area contributed by atoms with Crippen molar-refractivity contribution in [1.29, 1.82) is 0 Å². The van der Waals surface area contributed by atoms with Gasteiger partial charge in [0.2, 0.25) is 0 Å². The first-order valence-electron chi connectivity index (χ1n) is 3.97. The van der Waals surface area contributed by atoms with Crippen LogP contribution in [0.1, 0.15) is 13.8 Å². The molecule has 3 heteroatoms. The fourth-order valence-electron chi connectivity index (χ4n) is 0.978. The molecule has 0 radical (unpaired) electrons. The second-order valence-electron chi connectivity index (χ2n) is 2.89. The lowest BCUT2D eigenvalue weighted by atomic mass is 10.3. The molecule has 0 bridgehead atoms. The van der Waals surface area contributed by atoms with E-state index in [1.54, 1.807) is 0 Å². The molecule has 0 amide bonds. The highest BCUT2D eigenvalue weighted by Crippen LogP contribution is 1.96. The van der Waals surface area contributed by atoms with Crippen LogP contribution in [-0.4, -0.2) is 30.2 Å². The van der Waals surface area contributed by atoms with Crippen molar-refractivity contribution >= 4 is 6.21 Å². The molecule has 0 saturated carbocycles. The van der Waals surface area contributed by atoms with Gasteiger partial charge < -0.3 is 0 Å². The molecule has 0 fully saturated rings. The topological polar surface area (TPSA) is 27.6 Å². The second kappa shape index (κ2) is 4.13. The molecule has 0 aromatic heterocycles. The van der Waals surface area contributed by atoms with Crippen LogP contribution in [0.3, 0.4) is 0 Å². The van der Waals surface area contributed by atoms with E-state index in [9.17, 15) is 0 Å². The van der Waals surface area contributed by atoms with E-state index >= 15 is 0 Å². The molecular weight excluding hydrogens is 138 g/mol. The summed E-state index contributed by atoms with van der Waals surface area (Å²) in [6.07, 6.45) is 5.84. The van der Waals surface area contributed by atoms with Crippen molar-refractivity contribution < 1.29 is 0 Å². The Balaban J connectivity index is 2.47. The number of hydrazone groups is 1. The molecule has 1 N–H and O–H groups in total. The predicted octanol–water partition coefficient (Wildman–Crippen LogP) is 0.800. The summed E-state index contributed by atoms with van der Waals surface area (Å²) in [6, 6.07) is 0.587. The molecule has 1 aliphatic rings. The first-order valence-corrected chi connectivity index (χ1v) is 3.97. The lowest BCUT2D eigenvalue weighted by Gasteiger charge is -2.23. The standard InChI is InChI=1S/C8H15N3/c1-8(2)11-6-3-4-9-10-5-7-11/h3-5,8-9H,6-7H2,1-2H3/b4-3+,10-5+. The third kappa shape index (κ3) is 2.72. The van der Waals surface area contributed by atoms with E-state index in [2.05, 4.69) is 35.4 Å². The third-order valence-corrected chi connectivity index (χ3v) is 1.74. The second-order valence-corrected chi connectivity index (χ2v) is 2.89. The van der Waals surface area contributed by atoms with Crippen LogP contribution in [0.25, 0.3) is 0 Å². The fraction of sp³-hybridized carbons (Fsp3) is 0.625. The van der Waals surface area contributed by atoms with Gasteiger partial charge >= 0.3 is 0 Å². The summed E-state index contributed by atoms with van der Waals surface area (Å²) in [6.45, 7) is 6.30. The Bertz CT molecular complexity index is 147. The van der Waals surface area contributed by atoms with Gasteiger partial charge in [0, 0.05) is 31.5 Å². The third-order valence-electron chi connectivity index (χ3n) is 1.74. The van der Waals surface area contributed by atoms with Crippen LogP contribution in [0.4, 0.5) is 0 Å². The zero-order valence-electron chi connectivity index (χ0n) is 7.12. The molecule has 0 spiro atoms. The van der Waals surface area contributed by atoms with E-state index in [1.165, 1.54) is 0 Å². The van der Waals surface area contributed by atoms with Crippen LogP contribution in [0.5, 0.6) is 0 Å². The van der Waals surface area contributed by atoms with E-state index in [1.807, 2.05) is 12.4 Å². The molecule has 0 aromatic rings. The summed E-state index contributed by atoms with van der Waals surface area (Å²) < 4.78 is 0. The van der Waals surface area contributed by atoms with Gasteiger partial charge in [-0.2, -0.15) is 5.10 Å². The smallest absolute Gasteiger partial charge is 0.0387 e. The fourth-order valence-corrected chi connectivity index (χ4v) is 0.978. The first kappa shape index (κ1) is 8.27. The molecule has 1 heterocycles. The van der Waals surface area contributed by atoms with Crippen molar-refractivity contribution in [3.8, 4) is 0 Å². The number of rotatable bonds is 1. The van der Waals surface area contributed by atoms with Gasteiger partial charge in [0.25, 0.3) is 0 Å². The van der Waals surface area contributed by atoms with Gasteiger partial charge in [0.05, 0.1) is 0 Å². The molecule has 0 saturated heterocycles. The number of hydrogen-bond acceptors (Lipinski definition) is 3. The van der Waals surface area contributed by atoms with Gasteiger partial charge in [-0.05, 0) is 13.8 Å². The molecule has 1 rings (SSSR count).